The zero-order chi connectivity index (χ0) is 21.1. The summed E-state index contributed by atoms with van der Waals surface area (Å²) in [4.78, 5) is 16.8. The molecule has 2 rings (SSSR count). The third-order valence-corrected chi connectivity index (χ3v) is 12.3. The van der Waals surface area contributed by atoms with Crippen LogP contribution in [0.5, 0.6) is 0 Å². The molecule has 0 heterocycles. The smallest absolute Gasteiger partial charge is 0.334 e. The quantitative estimate of drug-likeness (QED) is 0.0785. The lowest BCUT2D eigenvalue weighted by Gasteiger charge is -2.42. The molecule has 0 aromatic heterocycles. The molecule has 2 aliphatic rings. The van der Waals surface area contributed by atoms with Crippen LogP contribution < -0.4 is 5.32 Å². The van der Waals surface area contributed by atoms with Gasteiger partial charge in [-0.1, -0.05) is 62.6 Å². The summed E-state index contributed by atoms with van der Waals surface area (Å²) in [5.41, 5.74) is 0. The van der Waals surface area contributed by atoms with Crippen molar-refractivity contribution in [1.82, 2.24) is 9.39 Å². The largest absolute Gasteiger partial charge is 0.434 e. The minimum Gasteiger partial charge on any atom is -0.334 e. The Kier molecular flexibility index (Phi) is 11.9. The number of amides is 1. The molecule has 1 N–H and O–H groups in total. The van der Waals surface area contributed by atoms with E-state index < -0.39 is 12.5 Å². The number of rotatable bonds is 9. The molecular weight excluding hydrogens is 445 g/mol. The van der Waals surface area contributed by atoms with Crippen LogP contribution in [0.3, 0.4) is 0 Å². The molecule has 2 saturated carbocycles. The number of thioether (sulfide) groups is 1. The summed E-state index contributed by atoms with van der Waals surface area (Å²) in [5.74, 6) is 0.412. The van der Waals surface area contributed by atoms with Crippen molar-refractivity contribution in [3.05, 3.63) is 0 Å². The second-order valence-electron chi connectivity index (χ2n) is 7.56. The van der Waals surface area contributed by atoms with Gasteiger partial charge < -0.3 is 9.84 Å². The molecule has 10 heteroatoms. The fourth-order valence-corrected chi connectivity index (χ4v) is 9.04. The number of oxime groups is 1. The fraction of sp³-hybridized carbons (Fsp3) is 0.895. The van der Waals surface area contributed by atoms with E-state index in [1.807, 2.05) is 6.26 Å². The third kappa shape index (κ3) is 8.69. The second kappa shape index (κ2) is 13.6. The van der Waals surface area contributed by atoms with Crippen LogP contribution in [-0.4, -0.2) is 45.7 Å². The van der Waals surface area contributed by atoms with Gasteiger partial charge in [-0.3, -0.25) is 4.84 Å². The maximum absolute atomic E-state index is 11.9. The molecule has 0 radical (unpaired) electrons. The van der Waals surface area contributed by atoms with Crippen LogP contribution in [0.15, 0.2) is 5.16 Å². The summed E-state index contributed by atoms with van der Waals surface area (Å²) in [7, 11) is 0. The second-order valence-corrected chi connectivity index (χ2v) is 14.0. The van der Waals surface area contributed by atoms with E-state index in [2.05, 4.69) is 21.5 Å². The number of nitrogens with zero attached hydrogens (tertiary/aromatic N) is 2. The first kappa shape index (κ1) is 25.5. The molecule has 2 fully saturated rings. The molecule has 2 aliphatic carbocycles. The highest BCUT2D eigenvalue weighted by atomic mass is 32.5. The van der Waals surface area contributed by atoms with Gasteiger partial charge in [0.2, 0.25) is 0 Å². The van der Waals surface area contributed by atoms with E-state index in [0.29, 0.717) is 23.1 Å². The molecule has 0 aliphatic heterocycles. The molecule has 0 saturated heterocycles. The van der Waals surface area contributed by atoms with Gasteiger partial charge in [-0.15, -0.1) is 11.8 Å². The Labute approximate surface area is 189 Å². The fourth-order valence-electron chi connectivity index (χ4n) is 3.74. The van der Waals surface area contributed by atoms with Gasteiger partial charge >= 0.3 is 6.09 Å². The van der Waals surface area contributed by atoms with E-state index in [-0.39, 0.29) is 0 Å². The Morgan fingerprint density at radius 3 is 2.38 bits per heavy atom. The van der Waals surface area contributed by atoms with E-state index in [0.717, 1.165) is 31.8 Å². The van der Waals surface area contributed by atoms with Crippen molar-refractivity contribution in [2.24, 2.45) is 5.16 Å². The topological polar surface area (TPSA) is 63.2 Å². The van der Waals surface area contributed by atoms with Crippen LogP contribution in [0.2, 0.25) is 0 Å². The van der Waals surface area contributed by atoms with Crippen molar-refractivity contribution in [3.8, 4) is 0 Å². The van der Waals surface area contributed by atoms with Crippen LogP contribution in [0, 0.1) is 0 Å². The normalized spacial score (nSPS) is 21.7. The third-order valence-electron chi connectivity index (χ3n) is 5.42. The van der Waals surface area contributed by atoms with E-state index in [9.17, 15) is 4.79 Å². The highest BCUT2D eigenvalue weighted by Gasteiger charge is 2.35. The van der Waals surface area contributed by atoms with Gasteiger partial charge in [0, 0.05) is 12.2 Å². The first-order chi connectivity index (χ1) is 14.0. The number of nitrogens with one attached hydrogen (secondary N) is 1. The molecule has 1 amide bonds. The Morgan fingerprint density at radius 1 is 1.17 bits per heavy atom. The highest BCUT2D eigenvalue weighted by Crippen LogP contribution is 2.59. The monoisotopic (exact) mass is 481 g/mol. The zero-order valence-corrected chi connectivity index (χ0v) is 21.3. The number of hydrogen-bond donors (Lipinski definition) is 1. The van der Waals surface area contributed by atoms with Crippen molar-refractivity contribution in [2.45, 2.75) is 90.2 Å². The van der Waals surface area contributed by atoms with Crippen molar-refractivity contribution < 1.29 is 14.2 Å². The Balaban J connectivity index is 1.99. The Morgan fingerprint density at radius 2 is 1.79 bits per heavy atom. The summed E-state index contributed by atoms with van der Waals surface area (Å²) in [6, 6.07) is 0.428. The van der Waals surface area contributed by atoms with Gasteiger partial charge in [-0.25, -0.2) is 4.79 Å². The molecular formula is C19H36N3O3PS3. The lowest BCUT2D eigenvalue weighted by atomic mass is 9.96. The predicted octanol–water partition coefficient (Wildman–Crippen LogP) is 6.33. The van der Waals surface area contributed by atoms with Crippen LogP contribution in [0.25, 0.3) is 0 Å². The van der Waals surface area contributed by atoms with Crippen LogP contribution in [-0.2, 0) is 21.2 Å². The van der Waals surface area contributed by atoms with Gasteiger partial charge in [0.15, 0.2) is 0 Å². The molecule has 168 valence electrons. The zero-order valence-electron chi connectivity index (χ0n) is 17.9. The maximum Gasteiger partial charge on any atom is 0.434 e. The number of carbonyl (C=O) groups is 1. The molecule has 0 spiro atoms. The van der Waals surface area contributed by atoms with Crippen molar-refractivity contribution in [2.75, 3.05) is 18.3 Å². The molecule has 0 bridgehead atoms. The molecule has 0 aromatic rings. The van der Waals surface area contributed by atoms with Crippen LogP contribution in [0.4, 0.5) is 4.79 Å². The average Bonchev–Trinajstić information content (AvgIpc) is 2.76. The molecule has 1 atom stereocenters. The summed E-state index contributed by atoms with van der Waals surface area (Å²) in [6.45, 7) is 3.96. The van der Waals surface area contributed by atoms with E-state index in [1.165, 1.54) is 50.3 Å². The number of carbonyl (C=O) groups excluding carboxylic acids is 1. The summed E-state index contributed by atoms with van der Waals surface area (Å²) < 4.78 is 9.02. The van der Waals surface area contributed by atoms with Gasteiger partial charge in [0.1, 0.15) is 11.5 Å². The van der Waals surface area contributed by atoms with Crippen molar-refractivity contribution in [1.29, 1.82) is 0 Å². The maximum atomic E-state index is 11.9. The molecule has 6 nitrogen and oxygen atoms in total. The van der Waals surface area contributed by atoms with Gasteiger partial charge in [0.25, 0.3) is 0 Å². The Bertz CT molecular complexity index is 582. The lowest BCUT2D eigenvalue weighted by Crippen LogP contribution is -2.34. The van der Waals surface area contributed by atoms with E-state index >= 15 is 0 Å². The minimum atomic E-state index is -2.14. The first-order valence-electron chi connectivity index (χ1n) is 10.7. The minimum absolute atomic E-state index is 0.294. The average molecular weight is 482 g/mol. The van der Waals surface area contributed by atoms with Gasteiger partial charge in [0.05, 0.1) is 12.0 Å². The first-order valence-corrected chi connectivity index (χ1v) is 15.7. The Hall–Kier alpha value is 0.210. The molecule has 29 heavy (non-hydrogen) atoms. The summed E-state index contributed by atoms with van der Waals surface area (Å²) in [5, 5.41) is 7.28. The highest BCUT2D eigenvalue weighted by molar-refractivity contribution is 8.17. The number of hydrogen-bond acceptors (Lipinski definition) is 7. The van der Waals surface area contributed by atoms with Gasteiger partial charge in [-0.05, 0) is 50.7 Å². The van der Waals surface area contributed by atoms with Gasteiger partial charge in [-0.2, -0.15) is 4.08 Å². The predicted molar refractivity (Wildman–Crippen MR) is 130 cm³/mol. The van der Waals surface area contributed by atoms with Crippen molar-refractivity contribution in [3.63, 3.8) is 0 Å². The lowest BCUT2D eigenvalue weighted by molar-refractivity contribution is 0.152. The molecule has 0 aromatic carbocycles. The van der Waals surface area contributed by atoms with Crippen molar-refractivity contribution >= 4 is 53.1 Å². The standard InChI is InChI=1S/C19H36N3O3PS3/c1-4-26(27,25-18-13-9-6-10-14-18)22(17-11-7-5-8-12-17)29-15-20-19(23)24-21-16(2)28-3/h17-18H,4-15H2,1-3H3,(H,20,23). The summed E-state index contributed by atoms with van der Waals surface area (Å²) in [6.07, 6.45) is 12.5. The van der Waals surface area contributed by atoms with E-state index in [4.69, 9.17) is 21.2 Å². The SMILES string of the molecule is CCP(=S)(OC1CCCCC1)N(SCNC(=O)ON=C(C)SC)C1CCCCC1. The molecule has 1 unspecified atom stereocenters. The summed E-state index contributed by atoms with van der Waals surface area (Å²) >= 11 is 9.24. The van der Waals surface area contributed by atoms with Crippen LogP contribution >= 0.6 is 30.1 Å². The van der Waals surface area contributed by atoms with Crippen LogP contribution in [0.1, 0.15) is 78.1 Å². The van der Waals surface area contributed by atoms with E-state index in [1.54, 1.807) is 18.9 Å².